The number of hydrogen-bond donors (Lipinski definition) is 2. The predicted molar refractivity (Wildman–Crippen MR) is 74.5 cm³/mol. The van der Waals surface area contributed by atoms with Gasteiger partial charge in [0.05, 0.1) is 6.04 Å². The molecule has 1 aromatic carbocycles. The molecule has 1 aliphatic rings. The third-order valence-corrected chi connectivity index (χ3v) is 2.95. The standard InChI is InChI=1S/C13H18N2O3.ClH/c1-8(2)11(14)13(16)15-6-9-4-3-5-10-12(9)18-7-17-10;/h3-5,8,11H,6-7,14H2,1-2H3,(H,15,16);1H. The molecule has 0 saturated carbocycles. The van der Waals surface area contributed by atoms with E-state index in [-0.39, 0.29) is 31.0 Å². The summed E-state index contributed by atoms with van der Waals surface area (Å²) in [5.74, 6) is 1.39. The molecule has 2 rings (SSSR count). The Labute approximate surface area is 118 Å². The van der Waals surface area contributed by atoms with Gasteiger partial charge >= 0.3 is 0 Å². The number of para-hydroxylation sites is 1. The van der Waals surface area contributed by atoms with Crippen LogP contribution >= 0.6 is 12.4 Å². The van der Waals surface area contributed by atoms with Crippen molar-refractivity contribution in [2.24, 2.45) is 11.7 Å². The maximum atomic E-state index is 11.7. The first kappa shape index (κ1) is 15.6. The highest BCUT2D eigenvalue weighted by Gasteiger charge is 2.20. The lowest BCUT2D eigenvalue weighted by Crippen LogP contribution is -2.43. The number of fused-ring (bicyclic) bond motifs is 1. The lowest BCUT2D eigenvalue weighted by Gasteiger charge is -2.15. The molecule has 3 N–H and O–H groups in total. The molecule has 1 amide bonds. The monoisotopic (exact) mass is 286 g/mol. The number of carbonyl (C=O) groups is 1. The largest absolute Gasteiger partial charge is 0.454 e. The molecule has 0 aliphatic carbocycles. The molecule has 0 saturated heterocycles. The summed E-state index contributed by atoms with van der Waals surface area (Å²) in [7, 11) is 0. The first-order valence-electron chi connectivity index (χ1n) is 6.00. The summed E-state index contributed by atoms with van der Waals surface area (Å²) >= 11 is 0. The fourth-order valence-corrected chi connectivity index (χ4v) is 1.73. The second-order valence-corrected chi connectivity index (χ2v) is 4.64. The Balaban J connectivity index is 0.00000180. The summed E-state index contributed by atoms with van der Waals surface area (Å²) in [6.07, 6.45) is 0. The van der Waals surface area contributed by atoms with Crippen molar-refractivity contribution in [1.82, 2.24) is 5.32 Å². The second kappa shape index (κ2) is 6.63. The predicted octanol–water partition coefficient (Wildman–Crippen LogP) is 1.44. The quantitative estimate of drug-likeness (QED) is 0.878. The van der Waals surface area contributed by atoms with Gasteiger partial charge in [-0.3, -0.25) is 4.79 Å². The Morgan fingerprint density at radius 1 is 1.42 bits per heavy atom. The van der Waals surface area contributed by atoms with Gasteiger partial charge in [-0.2, -0.15) is 0 Å². The number of ether oxygens (including phenoxy) is 2. The number of hydrogen-bond acceptors (Lipinski definition) is 4. The van der Waals surface area contributed by atoms with Crippen LogP contribution in [0.25, 0.3) is 0 Å². The van der Waals surface area contributed by atoms with E-state index < -0.39 is 6.04 Å². The third-order valence-electron chi connectivity index (χ3n) is 2.95. The molecule has 0 aromatic heterocycles. The Morgan fingerprint density at radius 3 is 2.84 bits per heavy atom. The summed E-state index contributed by atoms with van der Waals surface area (Å²) in [4.78, 5) is 11.7. The van der Waals surface area contributed by atoms with E-state index in [9.17, 15) is 4.79 Å². The number of amides is 1. The topological polar surface area (TPSA) is 73.6 Å². The maximum Gasteiger partial charge on any atom is 0.237 e. The summed E-state index contributed by atoms with van der Waals surface area (Å²) in [6, 6.07) is 5.12. The Hall–Kier alpha value is -1.46. The van der Waals surface area contributed by atoms with Crippen LogP contribution in [0.1, 0.15) is 19.4 Å². The first-order chi connectivity index (χ1) is 8.59. The first-order valence-corrected chi connectivity index (χ1v) is 6.00. The van der Waals surface area contributed by atoms with Crippen molar-refractivity contribution >= 4 is 18.3 Å². The van der Waals surface area contributed by atoms with Crippen molar-refractivity contribution in [3.63, 3.8) is 0 Å². The molecular formula is C13H19ClN2O3. The Bertz CT molecular complexity index is 452. The molecule has 1 atom stereocenters. The highest BCUT2D eigenvalue weighted by Crippen LogP contribution is 2.35. The summed E-state index contributed by atoms with van der Waals surface area (Å²) in [5, 5.41) is 2.81. The van der Waals surface area contributed by atoms with E-state index in [1.807, 2.05) is 32.0 Å². The van der Waals surface area contributed by atoms with Gasteiger partial charge in [-0.15, -0.1) is 12.4 Å². The molecular weight excluding hydrogens is 268 g/mol. The van der Waals surface area contributed by atoms with Crippen LogP contribution in [0.2, 0.25) is 0 Å². The molecule has 0 radical (unpaired) electrons. The number of rotatable bonds is 4. The normalized spacial score (nSPS) is 13.9. The molecule has 1 heterocycles. The molecule has 0 bridgehead atoms. The van der Waals surface area contributed by atoms with Crippen molar-refractivity contribution in [3.05, 3.63) is 23.8 Å². The Kier molecular flexibility index (Phi) is 5.44. The fraction of sp³-hybridized carbons (Fsp3) is 0.462. The number of nitrogens with one attached hydrogen (secondary N) is 1. The van der Waals surface area contributed by atoms with Crippen LogP contribution < -0.4 is 20.5 Å². The Morgan fingerprint density at radius 2 is 2.16 bits per heavy atom. The summed E-state index contributed by atoms with van der Waals surface area (Å²) in [5.41, 5.74) is 6.67. The van der Waals surface area contributed by atoms with Crippen LogP contribution in [0.5, 0.6) is 11.5 Å². The highest BCUT2D eigenvalue weighted by molar-refractivity contribution is 5.85. The van der Waals surface area contributed by atoms with E-state index >= 15 is 0 Å². The van der Waals surface area contributed by atoms with Crippen LogP contribution in [-0.2, 0) is 11.3 Å². The van der Waals surface area contributed by atoms with Gasteiger partial charge in [0.15, 0.2) is 11.5 Å². The van der Waals surface area contributed by atoms with Crippen LogP contribution in [0, 0.1) is 5.92 Å². The third kappa shape index (κ3) is 3.52. The fourth-order valence-electron chi connectivity index (χ4n) is 1.73. The smallest absolute Gasteiger partial charge is 0.237 e. The van der Waals surface area contributed by atoms with E-state index in [1.54, 1.807) is 0 Å². The van der Waals surface area contributed by atoms with Gasteiger partial charge in [-0.05, 0) is 12.0 Å². The second-order valence-electron chi connectivity index (χ2n) is 4.64. The van der Waals surface area contributed by atoms with Gasteiger partial charge in [0, 0.05) is 12.1 Å². The maximum absolute atomic E-state index is 11.7. The lowest BCUT2D eigenvalue weighted by atomic mass is 10.0. The average molecular weight is 287 g/mol. The van der Waals surface area contributed by atoms with Gasteiger partial charge in [-0.25, -0.2) is 0 Å². The zero-order valence-electron chi connectivity index (χ0n) is 11.0. The molecule has 106 valence electrons. The minimum absolute atomic E-state index is 0. The molecule has 1 aliphatic heterocycles. The molecule has 6 heteroatoms. The van der Waals surface area contributed by atoms with Crippen LogP contribution in [0.4, 0.5) is 0 Å². The van der Waals surface area contributed by atoms with E-state index in [2.05, 4.69) is 5.32 Å². The number of carbonyl (C=O) groups excluding carboxylic acids is 1. The van der Waals surface area contributed by atoms with Crippen molar-refractivity contribution in [2.75, 3.05) is 6.79 Å². The molecule has 0 fully saturated rings. The number of benzene rings is 1. The number of halogens is 1. The molecule has 1 aromatic rings. The van der Waals surface area contributed by atoms with Crippen molar-refractivity contribution in [2.45, 2.75) is 26.4 Å². The van der Waals surface area contributed by atoms with E-state index in [4.69, 9.17) is 15.2 Å². The molecule has 5 nitrogen and oxygen atoms in total. The van der Waals surface area contributed by atoms with Crippen LogP contribution in [0.3, 0.4) is 0 Å². The number of nitrogens with two attached hydrogens (primary N) is 1. The van der Waals surface area contributed by atoms with Crippen molar-refractivity contribution < 1.29 is 14.3 Å². The SMILES string of the molecule is CC(C)C(N)C(=O)NCc1cccc2c1OCO2.Cl. The average Bonchev–Trinajstić information content (AvgIpc) is 2.83. The minimum atomic E-state index is -0.487. The van der Waals surface area contributed by atoms with Gasteiger partial charge in [0.2, 0.25) is 12.7 Å². The van der Waals surface area contributed by atoms with Gasteiger partial charge in [0.25, 0.3) is 0 Å². The van der Waals surface area contributed by atoms with Gasteiger partial charge < -0.3 is 20.5 Å². The summed E-state index contributed by atoms with van der Waals surface area (Å²) in [6.45, 7) is 4.46. The molecule has 1 unspecified atom stereocenters. The molecule has 0 spiro atoms. The highest BCUT2D eigenvalue weighted by atomic mass is 35.5. The van der Waals surface area contributed by atoms with Crippen molar-refractivity contribution in [1.29, 1.82) is 0 Å². The van der Waals surface area contributed by atoms with E-state index in [0.29, 0.717) is 12.3 Å². The van der Waals surface area contributed by atoms with E-state index in [1.165, 1.54) is 0 Å². The zero-order chi connectivity index (χ0) is 13.1. The van der Waals surface area contributed by atoms with Crippen LogP contribution in [-0.4, -0.2) is 18.7 Å². The zero-order valence-corrected chi connectivity index (χ0v) is 11.8. The van der Waals surface area contributed by atoms with Crippen LogP contribution in [0.15, 0.2) is 18.2 Å². The summed E-state index contributed by atoms with van der Waals surface area (Å²) < 4.78 is 10.6. The van der Waals surface area contributed by atoms with Gasteiger partial charge in [-0.1, -0.05) is 26.0 Å². The van der Waals surface area contributed by atoms with Gasteiger partial charge in [0.1, 0.15) is 0 Å². The lowest BCUT2D eigenvalue weighted by molar-refractivity contribution is -0.123. The van der Waals surface area contributed by atoms with E-state index in [0.717, 1.165) is 11.3 Å². The minimum Gasteiger partial charge on any atom is -0.454 e. The van der Waals surface area contributed by atoms with Crippen molar-refractivity contribution in [3.8, 4) is 11.5 Å². The molecule has 19 heavy (non-hydrogen) atoms.